The molecule has 2 N–H and O–H groups in total. The highest BCUT2D eigenvalue weighted by atomic mass is 16.4. The van der Waals surface area contributed by atoms with Crippen LogP contribution in [0.1, 0.15) is 26.5 Å². The van der Waals surface area contributed by atoms with Crippen molar-refractivity contribution in [3.63, 3.8) is 0 Å². The van der Waals surface area contributed by atoms with Gasteiger partial charge < -0.3 is 14.8 Å². The number of amides is 1. The molecule has 0 saturated heterocycles. The van der Waals surface area contributed by atoms with E-state index in [0.717, 1.165) is 0 Å². The normalized spacial score (nSPS) is 10.5. The molecule has 0 atom stereocenters. The summed E-state index contributed by atoms with van der Waals surface area (Å²) in [5, 5.41) is 12.3. The number of ketones is 1. The lowest BCUT2D eigenvalue weighted by molar-refractivity contribution is 0.0995. The molecule has 4 aromatic rings. The SMILES string of the molecule is O=C(c1ccccc1)c1cccc(NC(=O)c2ccc(-c3cccc(O)c3)o2)c1. The summed E-state index contributed by atoms with van der Waals surface area (Å²) in [6, 6.07) is 25.5. The van der Waals surface area contributed by atoms with Gasteiger partial charge in [-0.05, 0) is 36.4 Å². The molecule has 0 radical (unpaired) electrons. The number of nitrogens with one attached hydrogen (secondary N) is 1. The van der Waals surface area contributed by atoms with Crippen molar-refractivity contribution in [1.82, 2.24) is 0 Å². The number of hydrogen-bond donors (Lipinski definition) is 2. The van der Waals surface area contributed by atoms with E-state index in [1.165, 1.54) is 0 Å². The average Bonchev–Trinajstić information content (AvgIpc) is 3.25. The Hall–Kier alpha value is -4.12. The number of carbonyl (C=O) groups excluding carboxylic acids is 2. The number of furan rings is 1. The number of phenolic OH excluding ortho intramolecular Hbond substituents is 1. The number of benzene rings is 3. The van der Waals surface area contributed by atoms with Gasteiger partial charge in [-0.3, -0.25) is 9.59 Å². The maximum absolute atomic E-state index is 12.6. The Morgan fingerprint density at radius 1 is 0.759 bits per heavy atom. The number of anilines is 1. The van der Waals surface area contributed by atoms with Crippen molar-refractivity contribution in [2.24, 2.45) is 0 Å². The molecule has 1 heterocycles. The van der Waals surface area contributed by atoms with E-state index in [1.54, 1.807) is 84.9 Å². The van der Waals surface area contributed by atoms with E-state index in [1.807, 2.05) is 6.07 Å². The average molecular weight is 383 g/mol. The van der Waals surface area contributed by atoms with Gasteiger partial charge in [-0.1, -0.05) is 54.6 Å². The van der Waals surface area contributed by atoms with Gasteiger partial charge in [0.2, 0.25) is 0 Å². The molecule has 0 bridgehead atoms. The molecule has 0 unspecified atom stereocenters. The van der Waals surface area contributed by atoms with Gasteiger partial charge in [0.1, 0.15) is 11.5 Å². The minimum atomic E-state index is -0.430. The Bertz CT molecular complexity index is 1180. The molecule has 5 heteroatoms. The molecule has 0 aliphatic heterocycles. The molecule has 1 aromatic heterocycles. The first kappa shape index (κ1) is 18.3. The van der Waals surface area contributed by atoms with Crippen LogP contribution >= 0.6 is 0 Å². The Kier molecular flexibility index (Phi) is 4.95. The molecular weight excluding hydrogens is 366 g/mol. The number of aromatic hydroxyl groups is 1. The summed E-state index contributed by atoms with van der Waals surface area (Å²) < 4.78 is 5.62. The fourth-order valence-corrected chi connectivity index (χ4v) is 2.96. The maximum atomic E-state index is 12.6. The van der Waals surface area contributed by atoms with Gasteiger partial charge in [-0.2, -0.15) is 0 Å². The maximum Gasteiger partial charge on any atom is 0.291 e. The van der Waals surface area contributed by atoms with Crippen LogP contribution in [-0.2, 0) is 0 Å². The number of carbonyl (C=O) groups is 2. The predicted molar refractivity (Wildman–Crippen MR) is 110 cm³/mol. The van der Waals surface area contributed by atoms with Gasteiger partial charge in [0.25, 0.3) is 5.91 Å². The fraction of sp³-hybridized carbons (Fsp3) is 0. The zero-order valence-corrected chi connectivity index (χ0v) is 15.3. The van der Waals surface area contributed by atoms with Gasteiger partial charge in [0, 0.05) is 22.4 Å². The van der Waals surface area contributed by atoms with E-state index >= 15 is 0 Å². The second-order valence-corrected chi connectivity index (χ2v) is 6.44. The van der Waals surface area contributed by atoms with Crippen molar-refractivity contribution in [1.29, 1.82) is 0 Å². The van der Waals surface area contributed by atoms with Crippen LogP contribution in [0.15, 0.2) is 95.4 Å². The van der Waals surface area contributed by atoms with Crippen molar-refractivity contribution in [2.45, 2.75) is 0 Å². The third kappa shape index (κ3) is 4.09. The Labute approximate surface area is 167 Å². The largest absolute Gasteiger partial charge is 0.508 e. The molecule has 29 heavy (non-hydrogen) atoms. The minimum Gasteiger partial charge on any atom is -0.508 e. The zero-order chi connectivity index (χ0) is 20.2. The molecule has 5 nitrogen and oxygen atoms in total. The summed E-state index contributed by atoms with van der Waals surface area (Å²) in [7, 11) is 0. The Balaban J connectivity index is 1.51. The van der Waals surface area contributed by atoms with Crippen LogP contribution in [0.2, 0.25) is 0 Å². The van der Waals surface area contributed by atoms with Crippen molar-refractivity contribution >= 4 is 17.4 Å². The molecule has 3 aromatic carbocycles. The Morgan fingerprint density at radius 3 is 2.31 bits per heavy atom. The number of rotatable bonds is 5. The van der Waals surface area contributed by atoms with Crippen molar-refractivity contribution in [2.75, 3.05) is 5.32 Å². The predicted octanol–water partition coefficient (Wildman–Crippen LogP) is 5.14. The van der Waals surface area contributed by atoms with Crippen LogP contribution in [0.3, 0.4) is 0 Å². The van der Waals surface area contributed by atoms with Crippen molar-refractivity contribution < 1.29 is 19.1 Å². The van der Waals surface area contributed by atoms with Crippen molar-refractivity contribution in [3.8, 4) is 17.1 Å². The highest BCUT2D eigenvalue weighted by Gasteiger charge is 2.14. The molecule has 142 valence electrons. The summed E-state index contributed by atoms with van der Waals surface area (Å²) in [4.78, 5) is 25.1. The third-order valence-corrected chi connectivity index (χ3v) is 4.38. The smallest absolute Gasteiger partial charge is 0.291 e. The van der Waals surface area contributed by atoms with Crippen LogP contribution in [-0.4, -0.2) is 16.8 Å². The summed E-state index contributed by atoms with van der Waals surface area (Å²) in [5.41, 5.74) is 2.22. The van der Waals surface area contributed by atoms with Gasteiger partial charge in [0.05, 0.1) is 0 Å². The summed E-state index contributed by atoms with van der Waals surface area (Å²) >= 11 is 0. The van der Waals surface area contributed by atoms with Gasteiger partial charge in [0.15, 0.2) is 11.5 Å². The molecule has 0 spiro atoms. The summed E-state index contributed by atoms with van der Waals surface area (Å²) in [6.45, 7) is 0. The minimum absolute atomic E-state index is 0.116. The monoisotopic (exact) mass is 383 g/mol. The van der Waals surface area contributed by atoms with E-state index in [-0.39, 0.29) is 17.3 Å². The van der Waals surface area contributed by atoms with E-state index < -0.39 is 5.91 Å². The lowest BCUT2D eigenvalue weighted by Crippen LogP contribution is -2.11. The quantitative estimate of drug-likeness (QED) is 0.468. The Morgan fingerprint density at radius 2 is 1.52 bits per heavy atom. The van der Waals surface area contributed by atoms with Crippen molar-refractivity contribution in [3.05, 3.63) is 108 Å². The van der Waals surface area contributed by atoms with Crippen LogP contribution in [0.5, 0.6) is 5.75 Å². The van der Waals surface area contributed by atoms with Gasteiger partial charge in [-0.25, -0.2) is 0 Å². The molecule has 4 rings (SSSR count). The van der Waals surface area contributed by atoms with E-state index in [9.17, 15) is 14.7 Å². The topological polar surface area (TPSA) is 79.5 Å². The van der Waals surface area contributed by atoms with E-state index in [2.05, 4.69) is 5.32 Å². The first-order valence-electron chi connectivity index (χ1n) is 9.00. The number of hydrogen-bond acceptors (Lipinski definition) is 4. The van der Waals surface area contributed by atoms with Crippen LogP contribution < -0.4 is 5.32 Å². The molecule has 0 aliphatic carbocycles. The highest BCUT2D eigenvalue weighted by molar-refractivity contribution is 6.10. The fourth-order valence-electron chi connectivity index (χ4n) is 2.96. The lowest BCUT2D eigenvalue weighted by atomic mass is 10.0. The standard InChI is InChI=1S/C24H17NO4/c26-20-11-5-8-17(15-20)21-12-13-22(29-21)24(28)25-19-10-4-9-18(14-19)23(27)16-6-2-1-3-7-16/h1-15,26H,(H,25,28). The van der Waals surface area contributed by atoms with Gasteiger partial charge >= 0.3 is 0 Å². The zero-order valence-electron chi connectivity index (χ0n) is 15.3. The third-order valence-electron chi connectivity index (χ3n) is 4.38. The second kappa shape index (κ2) is 7.86. The second-order valence-electron chi connectivity index (χ2n) is 6.44. The molecule has 1 amide bonds. The van der Waals surface area contributed by atoms with Gasteiger partial charge in [-0.15, -0.1) is 0 Å². The van der Waals surface area contributed by atoms with Crippen LogP contribution in [0, 0.1) is 0 Å². The van der Waals surface area contributed by atoms with E-state index in [4.69, 9.17) is 4.42 Å². The highest BCUT2D eigenvalue weighted by Crippen LogP contribution is 2.25. The molecule has 0 saturated carbocycles. The van der Waals surface area contributed by atoms with Crippen LogP contribution in [0.4, 0.5) is 5.69 Å². The molecule has 0 aliphatic rings. The first-order chi connectivity index (χ1) is 14.1. The summed E-state index contributed by atoms with van der Waals surface area (Å²) in [6.07, 6.45) is 0. The summed E-state index contributed by atoms with van der Waals surface area (Å²) in [5.74, 6) is 0.165. The molecule has 0 fully saturated rings. The first-order valence-corrected chi connectivity index (χ1v) is 9.00. The van der Waals surface area contributed by atoms with Crippen LogP contribution in [0.25, 0.3) is 11.3 Å². The molecular formula is C24H17NO4. The number of phenols is 1. The van der Waals surface area contributed by atoms with E-state index in [0.29, 0.717) is 28.1 Å². The lowest BCUT2D eigenvalue weighted by Gasteiger charge is -2.06.